The fourth-order valence-corrected chi connectivity index (χ4v) is 5.62. The molecule has 0 unspecified atom stereocenters. The summed E-state index contributed by atoms with van der Waals surface area (Å²) in [6.45, 7) is 3.68. The van der Waals surface area contributed by atoms with Crippen molar-refractivity contribution in [2.24, 2.45) is 5.92 Å². The summed E-state index contributed by atoms with van der Waals surface area (Å²) in [5.41, 5.74) is 2.69. The minimum absolute atomic E-state index is 0.0129. The van der Waals surface area contributed by atoms with Crippen molar-refractivity contribution in [3.8, 4) is 16.9 Å². The molecule has 34 heavy (non-hydrogen) atoms. The van der Waals surface area contributed by atoms with Crippen LogP contribution in [0.25, 0.3) is 21.3 Å². The van der Waals surface area contributed by atoms with Crippen LogP contribution in [0, 0.1) is 5.92 Å². The molecule has 0 saturated carbocycles. The number of fused-ring (bicyclic) bond motifs is 1. The number of sulfonamides is 1. The first-order chi connectivity index (χ1) is 16.2. The van der Waals surface area contributed by atoms with Gasteiger partial charge >= 0.3 is 5.97 Å². The largest absolute Gasteiger partial charge is 0.486 e. The lowest BCUT2D eigenvalue weighted by atomic mass is 10.1. The van der Waals surface area contributed by atoms with E-state index in [0.717, 1.165) is 26.4 Å². The highest BCUT2D eigenvalue weighted by atomic mass is 32.2. The number of hydrogen-bond donors (Lipinski definition) is 2. The third-order valence-electron chi connectivity index (χ3n) is 5.27. The summed E-state index contributed by atoms with van der Waals surface area (Å²) in [5.74, 6) is -0.887. The quantitative estimate of drug-likeness (QED) is 0.340. The number of hydrogen-bond acceptors (Lipinski definition) is 6. The van der Waals surface area contributed by atoms with Gasteiger partial charge in [0.1, 0.15) is 23.4 Å². The van der Waals surface area contributed by atoms with Crippen LogP contribution in [0.1, 0.15) is 18.9 Å². The van der Waals surface area contributed by atoms with E-state index in [0.29, 0.717) is 12.4 Å². The normalized spacial score (nSPS) is 12.7. The molecule has 2 N–H and O–H groups in total. The number of benzene rings is 3. The van der Waals surface area contributed by atoms with Crippen LogP contribution in [0.15, 0.2) is 77.7 Å². The predicted molar refractivity (Wildman–Crippen MR) is 132 cm³/mol. The molecule has 1 aromatic heterocycles. The molecule has 9 heteroatoms. The second-order valence-corrected chi connectivity index (χ2v) is 10.9. The third kappa shape index (κ3) is 5.44. The number of nitrogens with zero attached hydrogens (tertiary/aromatic N) is 1. The molecule has 176 valence electrons. The zero-order valence-corrected chi connectivity index (χ0v) is 20.3. The van der Waals surface area contributed by atoms with Gasteiger partial charge in [0.15, 0.2) is 0 Å². The molecule has 0 aliphatic heterocycles. The van der Waals surface area contributed by atoms with Gasteiger partial charge in [0, 0.05) is 0 Å². The highest BCUT2D eigenvalue weighted by Crippen LogP contribution is 2.26. The van der Waals surface area contributed by atoms with Gasteiger partial charge < -0.3 is 9.84 Å². The number of carboxylic acids is 1. The molecular formula is C25H24N2O5S2. The Labute approximate surface area is 202 Å². The number of rotatable bonds is 9. The van der Waals surface area contributed by atoms with Crippen molar-refractivity contribution >= 4 is 37.5 Å². The maximum atomic E-state index is 12.6. The van der Waals surface area contributed by atoms with Crippen LogP contribution in [-0.4, -0.2) is 30.5 Å². The smallest absolute Gasteiger partial charge is 0.322 e. The van der Waals surface area contributed by atoms with E-state index in [1.807, 2.05) is 48.5 Å². The summed E-state index contributed by atoms with van der Waals surface area (Å²) in [5, 5.41) is 10.2. The van der Waals surface area contributed by atoms with Crippen LogP contribution in [-0.2, 0) is 21.4 Å². The van der Waals surface area contributed by atoms with Gasteiger partial charge in [0.2, 0.25) is 10.0 Å². The van der Waals surface area contributed by atoms with Crippen LogP contribution >= 0.6 is 11.3 Å². The lowest BCUT2D eigenvalue weighted by molar-refractivity contribution is -0.140. The third-order valence-corrected chi connectivity index (χ3v) is 7.73. The van der Waals surface area contributed by atoms with Gasteiger partial charge in [-0.3, -0.25) is 4.79 Å². The van der Waals surface area contributed by atoms with E-state index in [4.69, 9.17) is 4.74 Å². The van der Waals surface area contributed by atoms with Crippen LogP contribution in [0.4, 0.5) is 0 Å². The molecule has 1 atom stereocenters. The number of aliphatic carboxylic acids is 1. The van der Waals surface area contributed by atoms with Gasteiger partial charge in [-0.2, -0.15) is 4.72 Å². The molecule has 0 radical (unpaired) electrons. The molecule has 0 aliphatic carbocycles. The Hall–Kier alpha value is -3.27. The van der Waals surface area contributed by atoms with Gasteiger partial charge in [0.25, 0.3) is 0 Å². The average Bonchev–Trinajstić information content (AvgIpc) is 3.24. The Balaban J connectivity index is 1.42. The minimum atomic E-state index is -3.95. The maximum Gasteiger partial charge on any atom is 0.322 e. The molecule has 3 aromatic carbocycles. The second kappa shape index (κ2) is 9.92. The fourth-order valence-electron chi connectivity index (χ4n) is 3.40. The van der Waals surface area contributed by atoms with Crippen molar-refractivity contribution in [1.29, 1.82) is 0 Å². The van der Waals surface area contributed by atoms with Gasteiger partial charge in [-0.15, -0.1) is 11.3 Å². The number of carbonyl (C=O) groups is 1. The highest BCUT2D eigenvalue weighted by molar-refractivity contribution is 7.89. The van der Waals surface area contributed by atoms with E-state index in [1.165, 1.54) is 12.1 Å². The molecule has 1 heterocycles. The summed E-state index contributed by atoms with van der Waals surface area (Å²) in [6, 6.07) is 20.6. The van der Waals surface area contributed by atoms with Gasteiger partial charge in [0.05, 0.1) is 15.1 Å². The first-order valence-corrected chi connectivity index (χ1v) is 13.0. The van der Waals surface area contributed by atoms with E-state index in [2.05, 4.69) is 9.71 Å². The lowest BCUT2D eigenvalue weighted by Crippen LogP contribution is -2.44. The fraction of sp³-hybridized carbons (Fsp3) is 0.200. The highest BCUT2D eigenvalue weighted by Gasteiger charge is 2.27. The van der Waals surface area contributed by atoms with Crippen LogP contribution in [0.2, 0.25) is 0 Å². The van der Waals surface area contributed by atoms with E-state index >= 15 is 0 Å². The second-order valence-electron chi connectivity index (χ2n) is 8.09. The minimum Gasteiger partial charge on any atom is -0.486 e. The van der Waals surface area contributed by atoms with Crippen LogP contribution in [0.5, 0.6) is 5.75 Å². The van der Waals surface area contributed by atoms with Crippen molar-refractivity contribution in [2.45, 2.75) is 31.4 Å². The lowest BCUT2D eigenvalue weighted by Gasteiger charge is -2.18. The number of ether oxygens (including phenoxy) is 1. The van der Waals surface area contributed by atoms with Crippen molar-refractivity contribution in [3.63, 3.8) is 0 Å². The van der Waals surface area contributed by atoms with Crippen molar-refractivity contribution in [2.75, 3.05) is 0 Å². The van der Waals surface area contributed by atoms with Crippen LogP contribution < -0.4 is 9.46 Å². The maximum absolute atomic E-state index is 12.6. The van der Waals surface area contributed by atoms with Gasteiger partial charge in [-0.1, -0.05) is 50.2 Å². The molecule has 0 spiro atoms. The number of thiazole rings is 1. The number of nitrogens with one attached hydrogen (secondary N) is 1. The molecular weight excluding hydrogens is 472 g/mol. The summed E-state index contributed by atoms with van der Waals surface area (Å²) in [4.78, 5) is 15.9. The van der Waals surface area contributed by atoms with Gasteiger partial charge in [-0.05, 0) is 53.4 Å². The van der Waals surface area contributed by atoms with Crippen molar-refractivity contribution in [3.05, 3.63) is 77.8 Å². The summed E-state index contributed by atoms with van der Waals surface area (Å²) >= 11 is 1.60. The van der Waals surface area contributed by atoms with Crippen molar-refractivity contribution in [1.82, 2.24) is 9.71 Å². The number of para-hydroxylation sites is 1. The first-order valence-electron chi connectivity index (χ1n) is 10.7. The zero-order valence-electron chi connectivity index (χ0n) is 18.6. The monoisotopic (exact) mass is 496 g/mol. The topological polar surface area (TPSA) is 106 Å². The Kier molecular flexibility index (Phi) is 6.97. The Morgan fingerprint density at radius 2 is 1.62 bits per heavy atom. The van der Waals surface area contributed by atoms with E-state index in [1.54, 1.807) is 37.3 Å². The summed E-state index contributed by atoms with van der Waals surface area (Å²) in [6.07, 6.45) is 0. The molecule has 7 nitrogen and oxygen atoms in total. The zero-order chi connectivity index (χ0) is 24.3. The SMILES string of the molecule is CC(C)[C@@H](NS(=O)(=O)c1ccc(-c2ccc(OCc3nc4ccccc4s3)cc2)cc1)C(=O)O. The predicted octanol–water partition coefficient (Wildman–Crippen LogP) is 4.93. The molecule has 0 bridgehead atoms. The number of carboxylic acid groups (broad SMARTS) is 1. The molecule has 4 rings (SSSR count). The van der Waals surface area contributed by atoms with Gasteiger partial charge in [-0.25, -0.2) is 13.4 Å². The molecule has 4 aromatic rings. The summed E-state index contributed by atoms with van der Waals surface area (Å²) in [7, 11) is -3.95. The summed E-state index contributed by atoms with van der Waals surface area (Å²) < 4.78 is 34.4. The Morgan fingerprint density at radius 1 is 1.00 bits per heavy atom. The van der Waals surface area contributed by atoms with E-state index in [9.17, 15) is 18.3 Å². The molecule has 0 aliphatic rings. The van der Waals surface area contributed by atoms with E-state index < -0.39 is 22.0 Å². The standard InChI is InChI=1S/C25H24N2O5S2/c1-16(2)24(25(28)29)27-34(30,31)20-13-9-18(10-14-20)17-7-11-19(12-8-17)32-15-23-26-21-5-3-4-6-22(21)33-23/h3-14,16,24,27H,15H2,1-2H3,(H,28,29)/t24-/m1/s1. The average molecular weight is 497 g/mol. The molecule has 0 fully saturated rings. The molecule has 0 amide bonds. The Bertz CT molecular complexity index is 1360. The van der Waals surface area contributed by atoms with Crippen molar-refractivity contribution < 1.29 is 23.1 Å². The molecule has 0 saturated heterocycles. The van der Waals surface area contributed by atoms with Crippen LogP contribution in [0.3, 0.4) is 0 Å². The van der Waals surface area contributed by atoms with E-state index in [-0.39, 0.29) is 10.8 Å². The Morgan fingerprint density at radius 3 is 2.21 bits per heavy atom. The number of aromatic nitrogens is 1. The first kappa shape index (κ1) is 23.9.